The third kappa shape index (κ3) is 3.96. The summed E-state index contributed by atoms with van der Waals surface area (Å²) in [6.45, 7) is 4.70. The number of aromatic nitrogens is 2. The van der Waals surface area contributed by atoms with Crippen molar-refractivity contribution in [2.24, 2.45) is 5.92 Å². The van der Waals surface area contributed by atoms with Crippen LogP contribution in [0.4, 0.5) is 0 Å². The minimum Gasteiger partial charge on any atom is -0.459 e. The molecular formula is C20H27N5O3. The Bertz CT molecular complexity index is 844. The first-order valence-electron chi connectivity index (χ1n) is 9.85. The zero-order valence-corrected chi connectivity index (χ0v) is 16.4. The van der Waals surface area contributed by atoms with Gasteiger partial charge in [-0.2, -0.15) is 0 Å². The number of imidazole rings is 1. The number of nitrogens with zero attached hydrogens (tertiary/aromatic N) is 3. The van der Waals surface area contributed by atoms with Crippen molar-refractivity contribution in [1.29, 1.82) is 0 Å². The summed E-state index contributed by atoms with van der Waals surface area (Å²) in [5.41, 5.74) is 2.14. The van der Waals surface area contributed by atoms with Gasteiger partial charge in [-0.05, 0) is 38.9 Å². The van der Waals surface area contributed by atoms with Crippen molar-refractivity contribution in [3.8, 4) is 0 Å². The van der Waals surface area contributed by atoms with Gasteiger partial charge >= 0.3 is 0 Å². The Labute approximate surface area is 164 Å². The van der Waals surface area contributed by atoms with Gasteiger partial charge in [0.25, 0.3) is 5.91 Å². The highest BCUT2D eigenvalue weighted by molar-refractivity contribution is 5.91. The molecular weight excluding hydrogens is 358 g/mol. The van der Waals surface area contributed by atoms with E-state index in [1.54, 1.807) is 12.1 Å². The number of rotatable bonds is 3. The van der Waals surface area contributed by atoms with E-state index in [1.165, 1.54) is 6.26 Å². The van der Waals surface area contributed by atoms with Crippen LogP contribution in [0.3, 0.4) is 0 Å². The second-order valence-corrected chi connectivity index (χ2v) is 7.90. The maximum Gasteiger partial charge on any atom is 0.287 e. The average Bonchev–Trinajstić information content (AvgIpc) is 3.28. The van der Waals surface area contributed by atoms with E-state index in [-0.39, 0.29) is 23.8 Å². The number of fused-ring (bicyclic) bond motifs is 1. The summed E-state index contributed by atoms with van der Waals surface area (Å²) in [6, 6.07) is 3.36. The van der Waals surface area contributed by atoms with Gasteiger partial charge in [-0.3, -0.25) is 9.59 Å². The largest absolute Gasteiger partial charge is 0.459 e. The molecule has 150 valence electrons. The van der Waals surface area contributed by atoms with Gasteiger partial charge in [0.15, 0.2) is 5.76 Å². The van der Waals surface area contributed by atoms with Gasteiger partial charge in [-0.15, -0.1) is 0 Å². The van der Waals surface area contributed by atoms with E-state index in [4.69, 9.17) is 4.42 Å². The second-order valence-electron chi connectivity index (χ2n) is 7.90. The van der Waals surface area contributed by atoms with Crippen LogP contribution in [-0.2, 0) is 17.8 Å². The Morgan fingerprint density at radius 2 is 2.18 bits per heavy atom. The summed E-state index contributed by atoms with van der Waals surface area (Å²) in [7, 11) is 2.00. The van der Waals surface area contributed by atoms with Crippen LogP contribution in [0.2, 0.25) is 0 Å². The number of furan rings is 1. The molecule has 2 aliphatic heterocycles. The maximum atomic E-state index is 13.1. The molecule has 0 spiro atoms. The van der Waals surface area contributed by atoms with Crippen molar-refractivity contribution < 1.29 is 14.0 Å². The Morgan fingerprint density at radius 1 is 1.32 bits per heavy atom. The van der Waals surface area contributed by atoms with E-state index in [2.05, 4.69) is 20.2 Å². The van der Waals surface area contributed by atoms with Crippen molar-refractivity contribution in [2.75, 3.05) is 26.7 Å². The first-order chi connectivity index (χ1) is 13.5. The van der Waals surface area contributed by atoms with Gasteiger partial charge in [0.05, 0.1) is 30.1 Å². The van der Waals surface area contributed by atoms with Gasteiger partial charge in [-0.25, -0.2) is 4.98 Å². The number of carbonyl (C=O) groups excluding carboxylic acids is 2. The SMILES string of the molecule is Cc1nc2c([nH]1)CN(C(=O)[C@@H]1CC[C@H](NC(=O)c3ccco3)CN(C)C1)CC2. The predicted octanol–water partition coefficient (Wildman–Crippen LogP) is 1.34. The minimum atomic E-state index is -0.202. The molecule has 2 atom stereocenters. The summed E-state index contributed by atoms with van der Waals surface area (Å²) in [5.74, 6) is 1.16. The van der Waals surface area contributed by atoms with Gasteiger partial charge in [0.2, 0.25) is 5.91 Å². The molecule has 0 unspecified atom stereocenters. The van der Waals surface area contributed by atoms with Crippen LogP contribution in [0.15, 0.2) is 22.8 Å². The lowest BCUT2D eigenvalue weighted by Crippen LogP contribution is -2.43. The van der Waals surface area contributed by atoms with E-state index in [0.717, 1.165) is 49.6 Å². The van der Waals surface area contributed by atoms with Crippen molar-refractivity contribution >= 4 is 11.8 Å². The van der Waals surface area contributed by atoms with E-state index >= 15 is 0 Å². The van der Waals surface area contributed by atoms with Gasteiger partial charge in [0, 0.05) is 32.1 Å². The number of nitrogens with one attached hydrogen (secondary N) is 2. The number of aromatic amines is 1. The van der Waals surface area contributed by atoms with Crippen LogP contribution in [0.1, 0.15) is 40.6 Å². The molecule has 4 rings (SSSR count). The van der Waals surface area contributed by atoms with E-state index in [0.29, 0.717) is 18.8 Å². The normalized spacial score (nSPS) is 23.1. The number of carbonyl (C=O) groups is 2. The molecule has 0 bridgehead atoms. The summed E-state index contributed by atoms with van der Waals surface area (Å²) in [6.07, 6.45) is 3.83. The lowest BCUT2D eigenvalue weighted by molar-refractivity contribution is -0.137. The molecule has 0 radical (unpaired) electrons. The van der Waals surface area contributed by atoms with Crippen LogP contribution >= 0.6 is 0 Å². The average molecular weight is 385 g/mol. The first-order valence-corrected chi connectivity index (χ1v) is 9.85. The third-order valence-electron chi connectivity index (χ3n) is 5.62. The molecule has 0 saturated carbocycles. The molecule has 28 heavy (non-hydrogen) atoms. The second kappa shape index (κ2) is 7.79. The Morgan fingerprint density at radius 3 is 2.96 bits per heavy atom. The quantitative estimate of drug-likeness (QED) is 0.831. The van der Waals surface area contributed by atoms with Crippen LogP contribution in [0.25, 0.3) is 0 Å². The third-order valence-corrected chi connectivity index (χ3v) is 5.62. The van der Waals surface area contributed by atoms with E-state index < -0.39 is 0 Å². The molecule has 2 aliphatic rings. The zero-order valence-electron chi connectivity index (χ0n) is 16.4. The van der Waals surface area contributed by atoms with E-state index in [9.17, 15) is 9.59 Å². The van der Waals surface area contributed by atoms with Crippen molar-refractivity contribution in [3.63, 3.8) is 0 Å². The summed E-state index contributed by atoms with van der Waals surface area (Å²) in [5, 5.41) is 3.03. The fourth-order valence-corrected chi connectivity index (χ4v) is 4.28. The lowest BCUT2D eigenvalue weighted by Gasteiger charge is -2.30. The molecule has 0 aliphatic carbocycles. The highest BCUT2D eigenvalue weighted by atomic mass is 16.3. The smallest absolute Gasteiger partial charge is 0.287 e. The predicted molar refractivity (Wildman–Crippen MR) is 103 cm³/mol. The number of aryl methyl sites for hydroxylation is 1. The highest BCUT2D eigenvalue weighted by Gasteiger charge is 2.32. The zero-order chi connectivity index (χ0) is 19.7. The molecule has 2 N–H and O–H groups in total. The molecule has 0 aromatic carbocycles. The number of H-pyrrole nitrogens is 1. The monoisotopic (exact) mass is 385 g/mol. The summed E-state index contributed by atoms with van der Waals surface area (Å²) in [4.78, 5) is 37.3. The number of hydrogen-bond donors (Lipinski definition) is 2. The fraction of sp³-hybridized carbons (Fsp3) is 0.550. The van der Waals surface area contributed by atoms with Gasteiger partial charge < -0.3 is 24.5 Å². The number of hydrogen-bond acceptors (Lipinski definition) is 5. The fourth-order valence-electron chi connectivity index (χ4n) is 4.28. The van der Waals surface area contributed by atoms with Crippen molar-refractivity contribution in [3.05, 3.63) is 41.4 Å². The molecule has 8 nitrogen and oxygen atoms in total. The standard InChI is InChI=1S/C20H27N5O3/c1-13-21-16-7-8-25(12-17(16)22-13)20(27)14-5-6-15(11-24(2)10-14)23-19(26)18-4-3-9-28-18/h3-4,9,14-15H,5-8,10-12H2,1-2H3,(H,21,22)(H,23,26)/t14-,15+/m1/s1. The molecule has 2 aromatic rings. The van der Waals surface area contributed by atoms with Gasteiger partial charge in [0.1, 0.15) is 5.82 Å². The van der Waals surface area contributed by atoms with Gasteiger partial charge in [-0.1, -0.05) is 0 Å². The number of amides is 2. The molecule has 2 aromatic heterocycles. The van der Waals surface area contributed by atoms with Crippen molar-refractivity contribution in [2.45, 2.75) is 38.8 Å². The minimum absolute atomic E-state index is 0.00335. The maximum absolute atomic E-state index is 13.1. The molecule has 1 fully saturated rings. The van der Waals surface area contributed by atoms with Crippen LogP contribution < -0.4 is 5.32 Å². The number of likely N-dealkylation sites (N-methyl/N-ethyl adjacent to an activating group) is 1. The van der Waals surface area contributed by atoms with Crippen LogP contribution in [0, 0.1) is 12.8 Å². The molecule has 1 saturated heterocycles. The first kappa shape index (κ1) is 18.7. The summed E-state index contributed by atoms with van der Waals surface area (Å²) >= 11 is 0. The Hall–Kier alpha value is -2.61. The number of likely N-dealkylation sites (tertiary alicyclic amines) is 1. The molecule has 8 heteroatoms. The Kier molecular flexibility index (Phi) is 5.21. The van der Waals surface area contributed by atoms with Crippen LogP contribution in [0.5, 0.6) is 0 Å². The topological polar surface area (TPSA) is 94.5 Å². The Balaban J connectivity index is 1.37. The lowest BCUT2D eigenvalue weighted by atomic mass is 9.99. The summed E-state index contributed by atoms with van der Waals surface area (Å²) < 4.78 is 5.17. The highest BCUT2D eigenvalue weighted by Crippen LogP contribution is 2.23. The molecule has 2 amide bonds. The van der Waals surface area contributed by atoms with E-state index in [1.807, 2.05) is 18.9 Å². The van der Waals surface area contributed by atoms with Crippen LogP contribution in [-0.4, -0.2) is 64.3 Å². The molecule has 4 heterocycles. The van der Waals surface area contributed by atoms with Crippen molar-refractivity contribution in [1.82, 2.24) is 25.1 Å².